The van der Waals surface area contributed by atoms with Gasteiger partial charge in [0, 0.05) is 36.8 Å². The fourth-order valence-electron chi connectivity index (χ4n) is 2.94. The number of carbonyl (C=O) groups is 1. The standard InChI is InChI=1S/C22H18F2N2O4/c1-3-29-22(27)16-8-7-15(9-20(16)30-13-28-2)26-11-14(10-25)17(12-26)21-18(23)5-4-6-19(21)24/h4-9,11-12H,3,13H2,1-2H3. The van der Waals surface area contributed by atoms with E-state index in [0.717, 1.165) is 12.1 Å². The number of esters is 1. The Hall–Kier alpha value is -3.70. The summed E-state index contributed by atoms with van der Waals surface area (Å²) in [6.45, 7) is 1.79. The first-order chi connectivity index (χ1) is 14.5. The highest BCUT2D eigenvalue weighted by molar-refractivity contribution is 5.93. The van der Waals surface area contributed by atoms with Crippen LogP contribution in [0.25, 0.3) is 16.8 Å². The summed E-state index contributed by atoms with van der Waals surface area (Å²) in [6, 6.07) is 10.1. The third-order valence-electron chi connectivity index (χ3n) is 4.27. The molecule has 3 rings (SSSR count). The van der Waals surface area contributed by atoms with Crippen LogP contribution in [0.4, 0.5) is 8.78 Å². The molecule has 0 amide bonds. The monoisotopic (exact) mass is 412 g/mol. The number of aromatic nitrogens is 1. The van der Waals surface area contributed by atoms with Crippen LogP contribution in [0.2, 0.25) is 0 Å². The Kier molecular flexibility index (Phi) is 6.45. The molecule has 3 aromatic rings. The number of benzene rings is 2. The number of hydrogen-bond acceptors (Lipinski definition) is 5. The molecule has 1 heterocycles. The maximum Gasteiger partial charge on any atom is 0.341 e. The van der Waals surface area contributed by atoms with E-state index in [1.165, 1.54) is 36.2 Å². The number of carbonyl (C=O) groups excluding carboxylic acids is 1. The van der Waals surface area contributed by atoms with E-state index in [4.69, 9.17) is 14.2 Å². The first-order valence-electron chi connectivity index (χ1n) is 8.99. The van der Waals surface area contributed by atoms with Gasteiger partial charge in [0.05, 0.1) is 17.7 Å². The first-order valence-corrected chi connectivity index (χ1v) is 8.99. The van der Waals surface area contributed by atoms with Crippen molar-refractivity contribution in [1.82, 2.24) is 4.57 Å². The molecule has 0 bridgehead atoms. The Labute approximate surface area is 171 Å². The van der Waals surface area contributed by atoms with Crippen molar-refractivity contribution in [3.63, 3.8) is 0 Å². The van der Waals surface area contributed by atoms with Gasteiger partial charge < -0.3 is 18.8 Å². The molecule has 2 aromatic carbocycles. The Morgan fingerprint density at radius 1 is 1.17 bits per heavy atom. The zero-order chi connectivity index (χ0) is 21.7. The maximum absolute atomic E-state index is 14.2. The van der Waals surface area contributed by atoms with Crippen LogP contribution in [-0.2, 0) is 9.47 Å². The van der Waals surface area contributed by atoms with Crippen LogP contribution < -0.4 is 4.74 Å². The van der Waals surface area contributed by atoms with E-state index in [1.807, 2.05) is 6.07 Å². The number of rotatable bonds is 7. The zero-order valence-electron chi connectivity index (χ0n) is 16.3. The van der Waals surface area contributed by atoms with Crippen LogP contribution >= 0.6 is 0 Å². The summed E-state index contributed by atoms with van der Waals surface area (Å²) < 4.78 is 45.4. The molecular weight excluding hydrogens is 394 g/mol. The van der Waals surface area contributed by atoms with Gasteiger partial charge in [0.2, 0.25) is 0 Å². The molecule has 6 nitrogen and oxygen atoms in total. The second-order valence-electron chi connectivity index (χ2n) is 6.15. The van der Waals surface area contributed by atoms with Crippen LogP contribution in [0.5, 0.6) is 5.75 Å². The molecule has 8 heteroatoms. The summed E-state index contributed by atoms with van der Waals surface area (Å²) >= 11 is 0. The van der Waals surface area contributed by atoms with Crippen molar-refractivity contribution in [3.05, 3.63) is 71.6 Å². The van der Waals surface area contributed by atoms with Crippen LogP contribution in [0.3, 0.4) is 0 Å². The predicted molar refractivity (Wildman–Crippen MR) is 104 cm³/mol. The fraction of sp³-hybridized carbons (Fsp3) is 0.182. The lowest BCUT2D eigenvalue weighted by Gasteiger charge is -2.12. The van der Waals surface area contributed by atoms with Gasteiger partial charge in [0.1, 0.15) is 29.0 Å². The molecule has 0 unspecified atom stereocenters. The molecule has 0 N–H and O–H groups in total. The van der Waals surface area contributed by atoms with Gasteiger partial charge in [-0.15, -0.1) is 0 Å². The van der Waals surface area contributed by atoms with Crippen LogP contribution in [0.1, 0.15) is 22.8 Å². The highest BCUT2D eigenvalue weighted by Crippen LogP contribution is 2.32. The van der Waals surface area contributed by atoms with Gasteiger partial charge in [-0.25, -0.2) is 13.6 Å². The molecule has 0 aliphatic carbocycles. The van der Waals surface area contributed by atoms with Gasteiger partial charge in [-0.1, -0.05) is 6.07 Å². The predicted octanol–water partition coefficient (Wildman–Crippen LogP) is 4.45. The first kappa shape index (κ1) is 21.0. The fourth-order valence-corrected chi connectivity index (χ4v) is 2.94. The van der Waals surface area contributed by atoms with E-state index >= 15 is 0 Å². The van der Waals surface area contributed by atoms with Crippen molar-refractivity contribution < 1.29 is 27.8 Å². The number of methoxy groups -OCH3 is 1. The summed E-state index contributed by atoms with van der Waals surface area (Å²) in [5.41, 5.74) is 0.626. The van der Waals surface area contributed by atoms with E-state index in [-0.39, 0.29) is 41.4 Å². The normalized spacial score (nSPS) is 10.5. The highest BCUT2D eigenvalue weighted by atomic mass is 19.1. The molecule has 0 saturated heterocycles. The lowest BCUT2D eigenvalue weighted by molar-refractivity contribution is 0.0438. The highest BCUT2D eigenvalue weighted by Gasteiger charge is 2.19. The average molecular weight is 412 g/mol. The minimum atomic E-state index is -0.772. The third kappa shape index (κ3) is 4.16. The lowest BCUT2D eigenvalue weighted by atomic mass is 10.0. The van der Waals surface area contributed by atoms with Crippen molar-refractivity contribution >= 4 is 5.97 Å². The molecule has 0 aliphatic heterocycles. The van der Waals surface area contributed by atoms with Gasteiger partial charge in [0.15, 0.2) is 6.79 Å². The number of hydrogen-bond donors (Lipinski definition) is 0. The number of halogens is 2. The molecule has 1 aromatic heterocycles. The Bertz CT molecular complexity index is 1100. The van der Waals surface area contributed by atoms with Gasteiger partial charge in [-0.2, -0.15) is 5.26 Å². The lowest BCUT2D eigenvalue weighted by Crippen LogP contribution is -2.10. The molecule has 0 aliphatic rings. The maximum atomic E-state index is 14.2. The number of nitriles is 1. The van der Waals surface area contributed by atoms with E-state index in [0.29, 0.717) is 5.69 Å². The van der Waals surface area contributed by atoms with E-state index in [9.17, 15) is 18.8 Å². The minimum absolute atomic E-state index is 0.0906. The van der Waals surface area contributed by atoms with Gasteiger partial charge in [-0.05, 0) is 31.2 Å². The van der Waals surface area contributed by atoms with Crippen molar-refractivity contribution in [2.45, 2.75) is 6.92 Å². The van der Waals surface area contributed by atoms with Crippen molar-refractivity contribution in [2.75, 3.05) is 20.5 Å². The summed E-state index contributed by atoms with van der Waals surface area (Å²) in [4.78, 5) is 12.2. The summed E-state index contributed by atoms with van der Waals surface area (Å²) in [6.07, 6.45) is 2.89. The summed E-state index contributed by atoms with van der Waals surface area (Å²) in [5, 5.41) is 9.46. The second kappa shape index (κ2) is 9.20. The second-order valence-corrected chi connectivity index (χ2v) is 6.15. The smallest absolute Gasteiger partial charge is 0.341 e. The van der Waals surface area contributed by atoms with E-state index in [1.54, 1.807) is 19.1 Å². The quantitative estimate of drug-likeness (QED) is 0.423. The van der Waals surface area contributed by atoms with Crippen LogP contribution in [-0.4, -0.2) is 31.0 Å². The zero-order valence-corrected chi connectivity index (χ0v) is 16.3. The average Bonchev–Trinajstić information content (AvgIpc) is 3.16. The Balaban J connectivity index is 2.09. The van der Waals surface area contributed by atoms with Gasteiger partial charge in [-0.3, -0.25) is 0 Å². The number of ether oxygens (including phenoxy) is 3. The van der Waals surface area contributed by atoms with Gasteiger partial charge >= 0.3 is 5.97 Å². The Morgan fingerprint density at radius 3 is 2.53 bits per heavy atom. The Morgan fingerprint density at radius 2 is 1.90 bits per heavy atom. The molecule has 0 radical (unpaired) electrons. The minimum Gasteiger partial charge on any atom is -0.467 e. The molecular formula is C22H18F2N2O4. The van der Waals surface area contributed by atoms with Crippen LogP contribution in [0.15, 0.2) is 48.8 Å². The van der Waals surface area contributed by atoms with Crippen molar-refractivity contribution in [3.8, 4) is 28.6 Å². The third-order valence-corrected chi connectivity index (χ3v) is 4.27. The SMILES string of the molecule is CCOC(=O)c1ccc(-n2cc(C#N)c(-c3c(F)cccc3F)c2)cc1OCOC. The molecule has 0 saturated carbocycles. The largest absolute Gasteiger partial charge is 0.467 e. The number of nitrogens with zero attached hydrogens (tertiary/aromatic N) is 2. The molecule has 0 fully saturated rings. The van der Waals surface area contributed by atoms with E-state index < -0.39 is 17.6 Å². The molecule has 154 valence electrons. The van der Waals surface area contributed by atoms with Crippen LogP contribution in [0, 0.1) is 23.0 Å². The summed E-state index contributed by atoms with van der Waals surface area (Å²) in [5.74, 6) is -1.90. The topological polar surface area (TPSA) is 73.5 Å². The molecule has 0 atom stereocenters. The van der Waals surface area contributed by atoms with E-state index in [2.05, 4.69) is 0 Å². The molecule has 30 heavy (non-hydrogen) atoms. The van der Waals surface area contributed by atoms with Gasteiger partial charge in [0.25, 0.3) is 0 Å². The van der Waals surface area contributed by atoms with Crippen molar-refractivity contribution in [2.24, 2.45) is 0 Å². The van der Waals surface area contributed by atoms with Crippen molar-refractivity contribution in [1.29, 1.82) is 5.26 Å². The summed E-state index contributed by atoms with van der Waals surface area (Å²) in [7, 11) is 1.44. The molecule has 0 spiro atoms.